The van der Waals surface area contributed by atoms with Crippen molar-refractivity contribution >= 4 is 5.91 Å². The van der Waals surface area contributed by atoms with E-state index in [0.29, 0.717) is 12.8 Å². The summed E-state index contributed by atoms with van der Waals surface area (Å²) < 4.78 is 26.1. The van der Waals surface area contributed by atoms with Crippen LogP contribution in [0.25, 0.3) is 0 Å². The van der Waals surface area contributed by atoms with Crippen LogP contribution in [0.5, 0.6) is 0 Å². The number of halogens is 2. The Kier molecular flexibility index (Phi) is 3.11. The summed E-state index contributed by atoms with van der Waals surface area (Å²) in [5.74, 6) is -1.40. The zero-order valence-corrected chi connectivity index (χ0v) is 9.17. The Morgan fingerprint density at radius 2 is 2.12 bits per heavy atom. The van der Waals surface area contributed by atoms with Crippen LogP contribution in [0.15, 0.2) is 18.2 Å². The minimum Gasteiger partial charge on any atom is -0.395 e. The highest BCUT2D eigenvalue weighted by molar-refractivity contribution is 5.85. The van der Waals surface area contributed by atoms with E-state index in [9.17, 15) is 13.6 Å². The van der Waals surface area contributed by atoms with Crippen LogP contribution >= 0.6 is 0 Å². The number of amides is 1. The summed E-state index contributed by atoms with van der Waals surface area (Å²) in [5.41, 5.74) is -0.587. The van der Waals surface area contributed by atoms with Crippen molar-refractivity contribution in [2.24, 2.45) is 5.41 Å². The van der Waals surface area contributed by atoms with Crippen LogP contribution < -0.4 is 5.32 Å². The van der Waals surface area contributed by atoms with Gasteiger partial charge in [0.1, 0.15) is 11.6 Å². The van der Waals surface area contributed by atoms with Crippen molar-refractivity contribution in [2.75, 3.05) is 6.61 Å². The van der Waals surface area contributed by atoms with Gasteiger partial charge in [-0.15, -0.1) is 0 Å². The normalized spacial score (nSPS) is 16.6. The molecule has 1 aromatic rings. The number of rotatable bonds is 4. The lowest BCUT2D eigenvalue weighted by molar-refractivity contribution is -0.127. The SMILES string of the molecule is O=C(NCc1cc(F)ccc1F)C1(CO)CC1. The lowest BCUT2D eigenvalue weighted by Crippen LogP contribution is -2.33. The van der Waals surface area contributed by atoms with Crippen LogP contribution in [0, 0.1) is 17.0 Å². The monoisotopic (exact) mass is 241 g/mol. The van der Waals surface area contributed by atoms with Gasteiger partial charge >= 0.3 is 0 Å². The topological polar surface area (TPSA) is 49.3 Å². The largest absolute Gasteiger partial charge is 0.395 e. The van der Waals surface area contributed by atoms with E-state index in [1.165, 1.54) is 0 Å². The average molecular weight is 241 g/mol. The van der Waals surface area contributed by atoms with Gasteiger partial charge in [-0.05, 0) is 31.0 Å². The molecule has 3 nitrogen and oxygen atoms in total. The third-order valence-electron chi connectivity index (χ3n) is 3.09. The predicted octanol–water partition coefficient (Wildman–Crippen LogP) is 1.35. The molecule has 2 rings (SSSR count). The summed E-state index contributed by atoms with van der Waals surface area (Å²) in [6.45, 7) is -0.269. The second kappa shape index (κ2) is 4.41. The lowest BCUT2D eigenvalue weighted by atomic mass is 10.1. The molecule has 0 spiro atoms. The van der Waals surface area contributed by atoms with Gasteiger partial charge < -0.3 is 10.4 Å². The molecule has 0 radical (unpaired) electrons. The van der Waals surface area contributed by atoms with Crippen molar-refractivity contribution in [3.8, 4) is 0 Å². The quantitative estimate of drug-likeness (QED) is 0.836. The standard InChI is InChI=1S/C12H13F2NO2/c13-9-1-2-10(14)8(5-9)6-15-11(17)12(7-16)3-4-12/h1-2,5,16H,3-4,6-7H2,(H,15,17). The van der Waals surface area contributed by atoms with Crippen molar-refractivity contribution in [1.29, 1.82) is 0 Å². The van der Waals surface area contributed by atoms with Crippen molar-refractivity contribution in [1.82, 2.24) is 5.32 Å². The number of hydrogen-bond acceptors (Lipinski definition) is 2. The number of aliphatic hydroxyl groups excluding tert-OH is 1. The molecular weight excluding hydrogens is 228 g/mol. The van der Waals surface area contributed by atoms with Crippen molar-refractivity contribution in [2.45, 2.75) is 19.4 Å². The number of carbonyl (C=O) groups is 1. The summed E-state index contributed by atoms with van der Waals surface area (Å²) in [6, 6.07) is 3.10. The molecule has 1 aromatic carbocycles. The first kappa shape index (κ1) is 12.0. The van der Waals surface area contributed by atoms with E-state index in [0.717, 1.165) is 18.2 Å². The van der Waals surface area contributed by atoms with E-state index in [1.54, 1.807) is 0 Å². The lowest BCUT2D eigenvalue weighted by Gasteiger charge is -2.12. The number of hydrogen-bond donors (Lipinski definition) is 2. The minimum absolute atomic E-state index is 0.0653. The predicted molar refractivity (Wildman–Crippen MR) is 57.0 cm³/mol. The van der Waals surface area contributed by atoms with Gasteiger partial charge in [0.05, 0.1) is 12.0 Å². The van der Waals surface area contributed by atoms with Crippen LogP contribution in [0.1, 0.15) is 18.4 Å². The Morgan fingerprint density at radius 3 is 2.71 bits per heavy atom. The fraction of sp³-hybridized carbons (Fsp3) is 0.417. The van der Waals surface area contributed by atoms with Crippen LogP contribution in [0.4, 0.5) is 8.78 Å². The van der Waals surface area contributed by atoms with Gasteiger partial charge in [-0.3, -0.25) is 4.79 Å². The molecule has 5 heteroatoms. The molecule has 0 aromatic heterocycles. The molecule has 0 bridgehead atoms. The molecule has 0 aliphatic heterocycles. The summed E-state index contributed by atoms with van der Waals surface area (Å²) in [5, 5.41) is 11.5. The van der Waals surface area contributed by atoms with Crippen LogP contribution in [0.2, 0.25) is 0 Å². The van der Waals surface area contributed by atoms with E-state index in [-0.39, 0.29) is 24.6 Å². The Morgan fingerprint density at radius 1 is 1.41 bits per heavy atom. The molecule has 0 saturated heterocycles. The zero-order valence-electron chi connectivity index (χ0n) is 9.17. The van der Waals surface area contributed by atoms with E-state index in [4.69, 9.17) is 5.11 Å². The third-order valence-corrected chi connectivity index (χ3v) is 3.09. The highest BCUT2D eigenvalue weighted by atomic mass is 19.1. The molecule has 0 atom stereocenters. The third kappa shape index (κ3) is 2.44. The smallest absolute Gasteiger partial charge is 0.228 e. The first-order valence-electron chi connectivity index (χ1n) is 5.40. The summed E-state index contributed by atoms with van der Waals surface area (Å²) in [7, 11) is 0. The Bertz CT molecular complexity index is 444. The summed E-state index contributed by atoms with van der Waals surface area (Å²) in [6.07, 6.45) is 1.28. The van der Waals surface area contributed by atoms with Crippen molar-refractivity contribution in [3.63, 3.8) is 0 Å². The molecule has 1 fully saturated rings. The maximum absolute atomic E-state index is 13.2. The molecule has 1 amide bonds. The fourth-order valence-corrected chi connectivity index (χ4v) is 1.65. The highest BCUT2D eigenvalue weighted by Crippen LogP contribution is 2.45. The number of carbonyl (C=O) groups excluding carboxylic acids is 1. The highest BCUT2D eigenvalue weighted by Gasteiger charge is 2.49. The maximum atomic E-state index is 13.2. The summed E-state index contributed by atoms with van der Waals surface area (Å²) in [4.78, 5) is 11.6. The van der Waals surface area contributed by atoms with E-state index in [2.05, 4.69) is 5.32 Å². The fourth-order valence-electron chi connectivity index (χ4n) is 1.65. The molecule has 0 unspecified atom stereocenters. The molecule has 1 aliphatic carbocycles. The Labute approximate surface area is 97.5 Å². The molecule has 2 N–H and O–H groups in total. The first-order valence-corrected chi connectivity index (χ1v) is 5.40. The van der Waals surface area contributed by atoms with Gasteiger partial charge in [-0.2, -0.15) is 0 Å². The Hall–Kier alpha value is -1.49. The van der Waals surface area contributed by atoms with Gasteiger partial charge in [0, 0.05) is 12.1 Å². The molecule has 1 aliphatic rings. The minimum atomic E-state index is -0.691. The second-order valence-corrected chi connectivity index (χ2v) is 4.36. The zero-order chi connectivity index (χ0) is 12.5. The van der Waals surface area contributed by atoms with E-state index < -0.39 is 17.0 Å². The van der Waals surface area contributed by atoms with E-state index >= 15 is 0 Å². The van der Waals surface area contributed by atoms with Gasteiger partial charge in [0.2, 0.25) is 5.91 Å². The van der Waals surface area contributed by atoms with Crippen molar-refractivity contribution < 1.29 is 18.7 Å². The van der Waals surface area contributed by atoms with Crippen LogP contribution in [0.3, 0.4) is 0 Å². The van der Waals surface area contributed by atoms with Crippen LogP contribution in [-0.2, 0) is 11.3 Å². The van der Waals surface area contributed by atoms with Gasteiger partial charge in [-0.1, -0.05) is 0 Å². The second-order valence-electron chi connectivity index (χ2n) is 4.36. The first-order chi connectivity index (χ1) is 8.07. The summed E-state index contributed by atoms with van der Waals surface area (Å²) >= 11 is 0. The molecule has 92 valence electrons. The maximum Gasteiger partial charge on any atom is 0.228 e. The average Bonchev–Trinajstić information content (AvgIpc) is 3.11. The van der Waals surface area contributed by atoms with Gasteiger partial charge in [0.25, 0.3) is 0 Å². The number of benzene rings is 1. The number of nitrogens with one attached hydrogen (secondary N) is 1. The Balaban J connectivity index is 1.98. The van der Waals surface area contributed by atoms with Crippen LogP contribution in [-0.4, -0.2) is 17.6 Å². The van der Waals surface area contributed by atoms with Gasteiger partial charge in [-0.25, -0.2) is 8.78 Å². The van der Waals surface area contributed by atoms with Crippen molar-refractivity contribution in [3.05, 3.63) is 35.4 Å². The molecule has 17 heavy (non-hydrogen) atoms. The molecular formula is C12H13F2NO2. The van der Waals surface area contributed by atoms with E-state index in [1.807, 2.05) is 0 Å². The van der Waals surface area contributed by atoms with Gasteiger partial charge in [0.15, 0.2) is 0 Å². The molecule has 0 heterocycles. The number of aliphatic hydroxyl groups is 1. The molecule has 1 saturated carbocycles.